The molecule has 0 spiro atoms. The van der Waals surface area contributed by atoms with Gasteiger partial charge in [0.15, 0.2) is 5.82 Å². The van der Waals surface area contributed by atoms with Crippen molar-refractivity contribution in [2.75, 3.05) is 0 Å². The highest BCUT2D eigenvalue weighted by Crippen LogP contribution is 2.25. The first-order valence-corrected chi connectivity index (χ1v) is 6.11. The molecule has 0 radical (unpaired) electrons. The summed E-state index contributed by atoms with van der Waals surface area (Å²) in [4.78, 5) is 12.7. The summed E-state index contributed by atoms with van der Waals surface area (Å²) in [5, 5.41) is 0.896. The lowest BCUT2D eigenvalue weighted by Crippen LogP contribution is -1.98. The van der Waals surface area contributed by atoms with Crippen LogP contribution in [0.1, 0.15) is 11.4 Å². The van der Waals surface area contributed by atoms with Gasteiger partial charge < -0.3 is 0 Å². The van der Waals surface area contributed by atoms with Crippen LogP contribution in [0.4, 0.5) is 0 Å². The molecule has 0 N–H and O–H groups in total. The average Bonchev–Trinajstić information content (AvgIpc) is 2.28. The number of nitrogens with zero attached hydrogens (tertiary/aromatic N) is 3. The maximum atomic E-state index is 6.05. The van der Waals surface area contributed by atoms with E-state index in [1.165, 1.54) is 6.20 Å². The fraction of sp³-hybridized carbons (Fsp3) is 0.182. The zero-order valence-corrected chi connectivity index (χ0v) is 11.2. The summed E-state index contributed by atoms with van der Waals surface area (Å²) in [7, 11) is 0. The first-order chi connectivity index (χ1) is 8.10. The van der Waals surface area contributed by atoms with Gasteiger partial charge in [-0.2, -0.15) is 0 Å². The monoisotopic (exact) mass is 287 g/mol. The molecule has 3 nitrogen and oxygen atoms in total. The number of rotatable bonds is 2. The van der Waals surface area contributed by atoms with Crippen molar-refractivity contribution < 1.29 is 0 Å². The minimum Gasteiger partial charge on any atom is -0.250 e. The molecule has 2 aromatic rings. The van der Waals surface area contributed by atoms with Crippen molar-refractivity contribution in [3.05, 3.63) is 39.8 Å². The third-order valence-electron chi connectivity index (χ3n) is 2.06. The van der Waals surface area contributed by atoms with Crippen LogP contribution in [0, 0.1) is 6.92 Å². The molecule has 0 aliphatic rings. The molecule has 88 valence electrons. The maximum Gasteiger partial charge on any atom is 0.180 e. The van der Waals surface area contributed by atoms with E-state index in [-0.39, 0.29) is 0 Å². The van der Waals surface area contributed by atoms with E-state index >= 15 is 0 Å². The Hall–Kier alpha value is -0.900. The van der Waals surface area contributed by atoms with Gasteiger partial charge in [-0.25, -0.2) is 15.0 Å². The number of halogens is 3. The van der Waals surface area contributed by atoms with Crippen LogP contribution >= 0.6 is 34.8 Å². The lowest BCUT2D eigenvalue weighted by molar-refractivity contribution is 1.04. The van der Waals surface area contributed by atoms with Gasteiger partial charge in [0.1, 0.15) is 5.69 Å². The van der Waals surface area contributed by atoms with Gasteiger partial charge in [0.05, 0.1) is 21.6 Å². The second-order valence-electron chi connectivity index (χ2n) is 3.44. The van der Waals surface area contributed by atoms with Crippen LogP contribution in [0.2, 0.25) is 10.0 Å². The fourth-order valence-electron chi connectivity index (χ4n) is 1.39. The predicted molar refractivity (Wildman–Crippen MR) is 69.6 cm³/mol. The Labute approximate surface area is 114 Å². The Bertz CT molecular complexity index is 558. The molecule has 2 rings (SSSR count). The third-order valence-corrected chi connectivity index (χ3v) is 2.83. The van der Waals surface area contributed by atoms with Crippen molar-refractivity contribution in [2.45, 2.75) is 12.8 Å². The summed E-state index contributed by atoms with van der Waals surface area (Å²) >= 11 is 17.6. The van der Waals surface area contributed by atoms with Gasteiger partial charge in [0.25, 0.3) is 0 Å². The molecule has 6 heteroatoms. The van der Waals surface area contributed by atoms with E-state index in [4.69, 9.17) is 34.8 Å². The first-order valence-electron chi connectivity index (χ1n) is 4.82. The van der Waals surface area contributed by atoms with Crippen LogP contribution in [0.15, 0.2) is 18.3 Å². The molecule has 0 aromatic carbocycles. The number of pyridine rings is 1. The van der Waals surface area contributed by atoms with Crippen LogP contribution in [-0.4, -0.2) is 15.0 Å². The van der Waals surface area contributed by atoms with Crippen molar-refractivity contribution >= 4 is 34.8 Å². The smallest absolute Gasteiger partial charge is 0.180 e. The predicted octanol–water partition coefficient (Wildman–Crippen LogP) is 3.89. The van der Waals surface area contributed by atoms with Crippen LogP contribution in [0.3, 0.4) is 0 Å². The Morgan fingerprint density at radius 1 is 1.18 bits per heavy atom. The summed E-state index contributed by atoms with van der Waals surface area (Å²) in [6.45, 7) is 1.87. The summed E-state index contributed by atoms with van der Waals surface area (Å²) < 4.78 is 0. The lowest BCUT2D eigenvalue weighted by atomic mass is 10.3. The Kier molecular flexibility index (Phi) is 3.82. The van der Waals surface area contributed by atoms with E-state index < -0.39 is 0 Å². The SMILES string of the molecule is Cc1cc(CCl)nc(-c2ncc(Cl)cc2Cl)n1. The summed E-state index contributed by atoms with van der Waals surface area (Å²) in [5.74, 6) is 0.781. The van der Waals surface area contributed by atoms with Crippen molar-refractivity contribution in [3.63, 3.8) is 0 Å². The summed E-state index contributed by atoms with van der Waals surface area (Å²) in [5.41, 5.74) is 2.06. The van der Waals surface area contributed by atoms with Gasteiger partial charge in [0.2, 0.25) is 0 Å². The summed E-state index contributed by atoms with van der Waals surface area (Å²) in [6.07, 6.45) is 1.51. The number of aromatic nitrogens is 3. The first kappa shape index (κ1) is 12.6. The van der Waals surface area contributed by atoms with E-state index in [0.29, 0.717) is 27.4 Å². The summed E-state index contributed by atoms with van der Waals surface area (Å²) in [6, 6.07) is 3.43. The van der Waals surface area contributed by atoms with Crippen LogP contribution in [0.25, 0.3) is 11.5 Å². The number of hydrogen-bond donors (Lipinski definition) is 0. The highest BCUT2D eigenvalue weighted by atomic mass is 35.5. The van der Waals surface area contributed by atoms with Gasteiger partial charge in [-0.05, 0) is 19.1 Å². The zero-order chi connectivity index (χ0) is 12.4. The van der Waals surface area contributed by atoms with Gasteiger partial charge in [-0.15, -0.1) is 11.6 Å². The second-order valence-corrected chi connectivity index (χ2v) is 4.55. The molecule has 0 saturated carbocycles. The molecule has 2 aromatic heterocycles. The largest absolute Gasteiger partial charge is 0.250 e. The molecule has 0 aliphatic carbocycles. The van der Waals surface area contributed by atoms with Crippen molar-refractivity contribution in [1.29, 1.82) is 0 Å². The number of alkyl halides is 1. The van der Waals surface area contributed by atoms with E-state index in [1.807, 2.05) is 13.0 Å². The van der Waals surface area contributed by atoms with Crippen molar-refractivity contribution in [1.82, 2.24) is 15.0 Å². The van der Waals surface area contributed by atoms with E-state index in [9.17, 15) is 0 Å². The fourth-order valence-corrected chi connectivity index (χ4v) is 1.99. The molecule has 0 unspecified atom stereocenters. The minimum absolute atomic E-state index is 0.321. The van der Waals surface area contributed by atoms with Gasteiger partial charge in [-0.1, -0.05) is 23.2 Å². The third kappa shape index (κ3) is 2.86. The van der Waals surface area contributed by atoms with E-state index in [2.05, 4.69) is 15.0 Å². The minimum atomic E-state index is 0.321. The lowest BCUT2D eigenvalue weighted by Gasteiger charge is -2.05. The van der Waals surface area contributed by atoms with Gasteiger partial charge >= 0.3 is 0 Å². The standard InChI is InChI=1S/C11H8Cl3N3/c1-6-2-8(4-12)17-11(16-6)10-9(14)3-7(13)5-15-10/h2-3,5H,4H2,1H3. The van der Waals surface area contributed by atoms with Gasteiger partial charge in [-0.3, -0.25) is 0 Å². The molecule has 0 fully saturated rings. The van der Waals surface area contributed by atoms with Crippen molar-refractivity contribution in [2.24, 2.45) is 0 Å². The molecule has 0 atom stereocenters. The molecule has 17 heavy (non-hydrogen) atoms. The van der Waals surface area contributed by atoms with Gasteiger partial charge in [0, 0.05) is 11.9 Å². The zero-order valence-electron chi connectivity index (χ0n) is 8.91. The Balaban J connectivity index is 2.55. The topological polar surface area (TPSA) is 38.7 Å². The molecular weight excluding hydrogens is 281 g/mol. The second kappa shape index (κ2) is 5.17. The highest BCUT2D eigenvalue weighted by molar-refractivity contribution is 6.35. The Morgan fingerprint density at radius 2 is 1.94 bits per heavy atom. The van der Waals surface area contributed by atoms with Crippen LogP contribution in [-0.2, 0) is 5.88 Å². The normalized spacial score (nSPS) is 10.6. The molecule has 0 bridgehead atoms. The van der Waals surface area contributed by atoms with Crippen molar-refractivity contribution in [3.8, 4) is 11.5 Å². The van der Waals surface area contributed by atoms with Crippen LogP contribution < -0.4 is 0 Å². The molecular formula is C11H8Cl3N3. The Morgan fingerprint density at radius 3 is 2.59 bits per heavy atom. The van der Waals surface area contributed by atoms with E-state index in [1.54, 1.807) is 6.07 Å². The quantitative estimate of drug-likeness (QED) is 0.787. The average molecular weight is 289 g/mol. The molecule has 2 heterocycles. The maximum absolute atomic E-state index is 6.05. The number of hydrogen-bond acceptors (Lipinski definition) is 3. The highest BCUT2D eigenvalue weighted by Gasteiger charge is 2.10. The molecule has 0 aliphatic heterocycles. The molecule has 0 amide bonds. The number of aryl methyl sites for hydroxylation is 1. The van der Waals surface area contributed by atoms with Crippen LogP contribution in [0.5, 0.6) is 0 Å². The molecule has 0 saturated heterocycles. The van der Waals surface area contributed by atoms with E-state index in [0.717, 1.165) is 11.4 Å².